The van der Waals surface area contributed by atoms with Crippen molar-refractivity contribution in [2.75, 3.05) is 5.32 Å². The number of hydrogen-bond acceptors (Lipinski definition) is 5. The Labute approximate surface area is 147 Å². The van der Waals surface area contributed by atoms with Gasteiger partial charge in [-0.05, 0) is 25.0 Å². The third kappa shape index (κ3) is 2.85. The van der Waals surface area contributed by atoms with E-state index in [1.807, 2.05) is 30.5 Å². The number of imidazole rings is 1. The van der Waals surface area contributed by atoms with Crippen molar-refractivity contribution in [2.45, 2.75) is 25.3 Å². The highest BCUT2D eigenvalue weighted by atomic mass is 35.5. The van der Waals surface area contributed by atoms with Crippen molar-refractivity contribution in [3.8, 4) is 11.3 Å². The molecular weight excluding hydrogens is 346 g/mol. The molecular formula is C16H16ClN5OS. The molecule has 6 nitrogen and oxygen atoms in total. The van der Waals surface area contributed by atoms with E-state index in [1.165, 1.54) is 11.3 Å². The third-order valence-corrected chi connectivity index (χ3v) is 5.48. The van der Waals surface area contributed by atoms with Gasteiger partial charge in [-0.1, -0.05) is 41.5 Å². The number of hydrogen-bond donors (Lipinski definition) is 2. The number of amides is 1. The number of aromatic nitrogens is 3. The molecule has 2 unspecified atom stereocenters. The van der Waals surface area contributed by atoms with Crippen molar-refractivity contribution in [3.63, 3.8) is 0 Å². The molecule has 1 aliphatic carbocycles. The first-order chi connectivity index (χ1) is 11.6. The number of nitrogens with one attached hydrogen (secondary N) is 1. The van der Waals surface area contributed by atoms with Crippen molar-refractivity contribution in [1.82, 2.24) is 14.6 Å². The van der Waals surface area contributed by atoms with E-state index >= 15 is 0 Å². The Bertz CT molecular complexity index is 856. The second-order valence-corrected chi connectivity index (χ2v) is 7.35. The molecule has 1 aromatic carbocycles. The van der Waals surface area contributed by atoms with Gasteiger partial charge in [0.05, 0.1) is 17.8 Å². The van der Waals surface area contributed by atoms with Gasteiger partial charge in [-0.25, -0.2) is 9.50 Å². The van der Waals surface area contributed by atoms with Crippen LogP contribution in [0.3, 0.4) is 0 Å². The van der Waals surface area contributed by atoms with Gasteiger partial charge in [0.25, 0.3) is 0 Å². The number of carbonyl (C=O) groups is 1. The van der Waals surface area contributed by atoms with Gasteiger partial charge in [0.1, 0.15) is 0 Å². The summed E-state index contributed by atoms with van der Waals surface area (Å²) in [6, 6.07) is 7.62. The molecule has 1 saturated carbocycles. The molecule has 24 heavy (non-hydrogen) atoms. The molecule has 0 saturated heterocycles. The minimum Gasteiger partial charge on any atom is -0.369 e. The first-order valence-corrected chi connectivity index (χ1v) is 8.97. The molecule has 1 aliphatic rings. The number of fused-ring (bicyclic) bond motifs is 1. The number of primary amides is 1. The number of halogens is 1. The summed E-state index contributed by atoms with van der Waals surface area (Å²) in [7, 11) is 0. The number of carbonyl (C=O) groups excluding carboxylic acids is 1. The SMILES string of the molecule is NC(=O)C1CCCC1Nc1nn2cc(-c3ccc(Cl)cc3)nc2s1. The second-order valence-electron chi connectivity index (χ2n) is 5.96. The highest BCUT2D eigenvalue weighted by Gasteiger charge is 2.32. The molecule has 124 valence electrons. The largest absolute Gasteiger partial charge is 0.369 e. The molecule has 1 amide bonds. The van der Waals surface area contributed by atoms with Crippen LogP contribution in [0.4, 0.5) is 5.13 Å². The third-order valence-electron chi connectivity index (χ3n) is 4.37. The number of nitrogens with two attached hydrogens (primary N) is 1. The van der Waals surface area contributed by atoms with Crippen molar-refractivity contribution in [1.29, 1.82) is 0 Å². The zero-order chi connectivity index (χ0) is 16.7. The van der Waals surface area contributed by atoms with Crippen LogP contribution in [0.2, 0.25) is 5.02 Å². The van der Waals surface area contributed by atoms with E-state index in [4.69, 9.17) is 17.3 Å². The van der Waals surface area contributed by atoms with Crippen LogP contribution in [0.1, 0.15) is 19.3 Å². The summed E-state index contributed by atoms with van der Waals surface area (Å²) in [5.41, 5.74) is 7.32. The molecule has 2 aromatic heterocycles. The summed E-state index contributed by atoms with van der Waals surface area (Å²) in [5, 5.41) is 9.32. The molecule has 8 heteroatoms. The molecule has 0 bridgehead atoms. The number of anilines is 1. The number of benzene rings is 1. The average Bonchev–Trinajstić information content (AvgIpc) is 3.22. The maximum absolute atomic E-state index is 11.5. The van der Waals surface area contributed by atoms with Crippen LogP contribution >= 0.6 is 22.9 Å². The van der Waals surface area contributed by atoms with E-state index in [9.17, 15) is 4.79 Å². The zero-order valence-corrected chi connectivity index (χ0v) is 14.3. The Hall–Kier alpha value is -2.12. The molecule has 1 fully saturated rings. The molecule has 3 aromatic rings. The Balaban J connectivity index is 1.55. The van der Waals surface area contributed by atoms with Crippen molar-refractivity contribution >= 4 is 38.9 Å². The smallest absolute Gasteiger partial charge is 0.222 e. The second kappa shape index (κ2) is 6.07. The normalized spacial score (nSPS) is 20.5. The van der Waals surface area contributed by atoms with Crippen LogP contribution in [0.15, 0.2) is 30.5 Å². The fourth-order valence-corrected chi connectivity index (χ4v) is 4.12. The van der Waals surface area contributed by atoms with E-state index in [0.29, 0.717) is 5.02 Å². The van der Waals surface area contributed by atoms with Crippen LogP contribution in [0.25, 0.3) is 16.2 Å². The molecule has 0 spiro atoms. The predicted molar refractivity (Wildman–Crippen MR) is 95.3 cm³/mol. The van der Waals surface area contributed by atoms with Gasteiger partial charge in [-0.3, -0.25) is 4.79 Å². The van der Waals surface area contributed by atoms with Crippen LogP contribution in [0, 0.1) is 5.92 Å². The minimum atomic E-state index is -0.239. The van der Waals surface area contributed by atoms with Crippen LogP contribution in [-0.2, 0) is 4.79 Å². The fourth-order valence-electron chi connectivity index (χ4n) is 3.15. The molecule has 0 radical (unpaired) electrons. The van der Waals surface area contributed by atoms with Crippen LogP contribution in [0.5, 0.6) is 0 Å². The monoisotopic (exact) mass is 361 g/mol. The Morgan fingerprint density at radius 2 is 2.12 bits per heavy atom. The summed E-state index contributed by atoms with van der Waals surface area (Å²) in [4.78, 5) is 16.9. The standard InChI is InChI=1S/C16H16ClN5OS/c17-10-6-4-9(5-7-10)13-8-22-16(20-13)24-15(21-22)19-12-3-1-2-11(12)14(18)23/h4-8,11-12H,1-3H2,(H2,18,23)(H,19,21). The van der Waals surface area contributed by atoms with Gasteiger partial charge >= 0.3 is 0 Å². The molecule has 4 rings (SSSR count). The highest BCUT2D eigenvalue weighted by Crippen LogP contribution is 2.31. The van der Waals surface area contributed by atoms with Gasteiger partial charge in [0, 0.05) is 16.6 Å². The lowest BCUT2D eigenvalue weighted by atomic mass is 10.0. The Morgan fingerprint density at radius 1 is 1.33 bits per heavy atom. The Kier molecular flexibility index (Phi) is 3.90. The predicted octanol–water partition coefficient (Wildman–Crippen LogP) is 3.18. The topological polar surface area (TPSA) is 85.3 Å². The van der Waals surface area contributed by atoms with E-state index in [1.54, 1.807) is 4.52 Å². The summed E-state index contributed by atoms with van der Waals surface area (Å²) in [6.45, 7) is 0. The zero-order valence-electron chi connectivity index (χ0n) is 12.8. The van der Waals surface area contributed by atoms with Gasteiger partial charge < -0.3 is 11.1 Å². The molecule has 2 heterocycles. The van der Waals surface area contributed by atoms with E-state index in [2.05, 4.69) is 15.4 Å². The van der Waals surface area contributed by atoms with E-state index in [-0.39, 0.29) is 17.9 Å². The van der Waals surface area contributed by atoms with Crippen LogP contribution < -0.4 is 11.1 Å². The number of rotatable bonds is 4. The summed E-state index contributed by atoms with van der Waals surface area (Å²) in [6.07, 6.45) is 4.68. The van der Waals surface area contributed by atoms with E-state index in [0.717, 1.165) is 40.6 Å². The van der Waals surface area contributed by atoms with Gasteiger partial charge in [-0.2, -0.15) is 0 Å². The quantitative estimate of drug-likeness (QED) is 0.747. The summed E-state index contributed by atoms with van der Waals surface area (Å²) < 4.78 is 1.76. The van der Waals surface area contributed by atoms with Gasteiger partial charge in [0.15, 0.2) is 0 Å². The van der Waals surface area contributed by atoms with Crippen molar-refractivity contribution in [3.05, 3.63) is 35.5 Å². The number of nitrogens with zero attached hydrogens (tertiary/aromatic N) is 3. The van der Waals surface area contributed by atoms with E-state index < -0.39 is 0 Å². The lowest BCUT2D eigenvalue weighted by Gasteiger charge is -2.16. The summed E-state index contributed by atoms with van der Waals surface area (Å²) in [5.74, 6) is -0.359. The molecule has 2 atom stereocenters. The first-order valence-electron chi connectivity index (χ1n) is 7.78. The summed E-state index contributed by atoms with van der Waals surface area (Å²) >= 11 is 7.38. The van der Waals surface area contributed by atoms with Crippen molar-refractivity contribution in [2.24, 2.45) is 11.7 Å². The lowest BCUT2D eigenvalue weighted by molar-refractivity contribution is -0.121. The Morgan fingerprint density at radius 3 is 2.83 bits per heavy atom. The average molecular weight is 362 g/mol. The maximum Gasteiger partial charge on any atom is 0.222 e. The maximum atomic E-state index is 11.5. The van der Waals surface area contributed by atoms with Gasteiger partial charge in [-0.15, -0.1) is 5.10 Å². The molecule has 0 aliphatic heterocycles. The highest BCUT2D eigenvalue weighted by molar-refractivity contribution is 7.20. The molecule has 3 N–H and O–H groups in total. The van der Waals surface area contributed by atoms with Gasteiger partial charge in [0.2, 0.25) is 16.0 Å². The van der Waals surface area contributed by atoms with Crippen molar-refractivity contribution < 1.29 is 4.79 Å². The minimum absolute atomic E-state index is 0.0640. The van der Waals surface area contributed by atoms with Crippen LogP contribution in [-0.4, -0.2) is 26.5 Å². The first kappa shape index (κ1) is 15.4. The lowest BCUT2D eigenvalue weighted by Crippen LogP contribution is -2.34. The fraction of sp³-hybridized carbons (Fsp3) is 0.312.